The van der Waals surface area contributed by atoms with Gasteiger partial charge in [-0.25, -0.2) is 5.10 Å². The second-order valence-corrected chi connectivity index (χ2v) is 2.75. The number of nitrogens with one attached hydrogen (secondary N) is 2. The van der Waals surface area contributed by atoms with Crippen LogP contribution in [0.1, 0.15) is 5.69 Å². The highest BCUT2D eigenvalue weighted by Gasteiger charge is 2.02. The molecule has 0 fully saturated rings. The maximum Gasteiger partial charge on any atom is 0.273 e. The van der Waals surface area contributed by atoms with Gasteiger partial charge in [0, 0.05) is 6.07 Å². The zero-order chi connectivity index (χ0) is 9.42. The lowest BCUT2D eigenvalue weighted by molar-refractivity contribution is 0.961. The summed E-state index contributed by atoms with van der Waals surface area (Å²) < 4.78 is 0. The largest absolute Gasteiger partial charge is 0.320 e. The van der Waals surface area contributed by atoms with Gasteiger partial charge in [0.2, 0.25) is 5.56 Å². The van der Waals surface area contributed by atoms with Gasteiger partial charge < -0.3 is 4.98 Å². The molecular formula is C8H7N3O2. The quantitative estimate of drug-likeness (QED) is 0.590. The fourth-order valence-electron chi connectivity index (χ4n) is 1.20. The minimum atomic E-state index is -0.295. The number of pyridine rings is 1. The van der Waals surface area contributed by atoms with E-state index in [4.69, 9.17) is 0 Å². The standard InChI is InChI=1S/C8H7N3O2/c1-4-7-5(8(13)11-10-4)2-3-6(12)9-7/h2-3H,1H3,(H,9,12)(H,11,13). The summed E-state index contributed by atoms with van der Waals surface area (Å²) in [5, 5.41) is 6.53. The highest BCUT2D eigenvalue weighted by Crippen LogP contribution is 2.04. The van der Waals surface area contributed by atoms with Gasteiger partial charge in [-0.15, -0.1) is 0 Å². The summed E-state index contributed by atoms with van der Waals surface area (Å²) in [6.45, 7) is 1.72. The van der Waals surface area contributed by atoms with Crippen molar-refractivity contribution in [2.45, 2.75) is 6.92 Å². The molecule has 0 aliphatic rings. The normalized spacial score (nSPS) is 10.5. The molecule has 5 nitrogen and oxygen atoms in total. The van der Waals surface area contributed by atoms with Crippen LogP contribution in [0.3, 0.4) is 0 Å². The van der Waals surface area contributed by atoms with Crippen LogP contribution in [0.2, 0.25) is 0 Å². The molecule has 2 rings (SSSR count). The fourth-order valence-corrected chi connectivity index (χ4v) is 1.20. The predicted molar refractivity (Wildman–Crippen MR) is 47.7 cm³/mol. The minimum Gasteiger partial charge on any atom is -0.320 e. The molecule has 2 heterocycles. The van der Waals surface area contributed by atoms with E-state index in [9.17, 15) is 9.59 Å². The Labute approximate surface area is 72.4 Å². The highest BCUT2D eigenvalue weighted by molar-refractivity contribution is 5.78. The minimum absolute atomic E-state index is 0.233. The Balaban J connectivity index is 3.09. The summed E-state index contributed by atoms with van der Waals surface area (Å²) in [6.07, 6.45) is 0. The molecule has 0 radical (unpaired) electrons. The molecule has 0 saturated carbocycles. The number of hydrogen-bond acceptors (Lipinski definition) is 3. The van der Waals surface area contributed by atoms with Crippen molar-refractivity contribution in [3.63, 3.8) is 0 Å². The Morgan fingerprint density at radius 1 is 1.31 bits per heavy atom. The van der Waals surface area contributed by atoms with Crippen molar-refractivity contribution in [2.24, 2.45) is 0 Å². The molecule has 0 aliphatic heterocycles. The number of H-pyrrole nitrogens is 2. The Morgan fingerprint density at radius 2 is 2.08 bits per heavy atom. The van der Waals surface area contributed by atoms with Gasteiger partial charge >= 0.3 is 0 Å². The third kappa shape index (κ3) is 1.14. The van der Waals surface area contributed by atoms with Gasteiger partial charge in [0.15, 0.2) is 0 Å². The van der Waals surface area contributed by atoms with E-state index >= 15 is 0 Å². The lowest BCUT2D eigenvalue weighted by atomic mass is 10.2. The van der Waals surface area contributed by atoms with Crippen LogP contribution >= 0.6 is 0 Å². The van der Waals surface area contributed by atoms with Gasteiger partial charge in [0.25, 0.3) is 5.56 Å². The van der Waals surface area contributed by atoms with Crippen molar-refractivity contribution in [1.29, 1.82) is 0 Å². The number of fused-ring (bicyclic) bond motifs is 1. The third-order valence-corrected chi connectivity index (χ3v) is 1.85. The molecule has 66 valence electrons. The maximum atomic E-state index is 11.2. The van der Waals surface area contributed by atoms with Crippen molar-refractivity contribution in [3.8, 4) is 0 Å². The smallest absolute Gasteiger partial charge is 0.273 e. The Bertz CT molecular complexity index is 567. The van der Waals surface area contributed by atoms with E-state index in [1.807, 2.05) is 0 Å². The first kappa shape index (κ1) is 7.72. The van der Waals surface area contributed by atoms with Crippen molar-refractivity contribution in [1.82, 2.24) is 15.2 Å². The number of nitrogens with zero attached hydrogens (tertiary/aromatic N) is 1. The first-order chi connectivity index (χ1) is 6.18. The number of aromatic amines is 2. The first-order valence-electron chi connectivity index (χ1n) is 3.77. The van der Waals surface area contributed by atoms with E-state index in [1.54, 1.807) is 6.92 Å². The topological polar surface area (TPSA) is 78.6 Å². The van der Waals surface area contributed by atoms with E-state index in [2.05, 4.69) is 15.2 Å². The Kier molecular flexibility index (Phi) is 1.51. The maximum absolute atomic E-state index is 11.2. The van der Waals surface area contributed by atoms with Gasteiger partial charge in [0.05, 0.1) is 16.6 Å². The van der Waals surface area contributed by atoms with Gasteiger partial charge in [-0.2, -0.15) is 5.10 Å². The van der Waals surface area contributed by atoms with Crippen molar-refractivity contribution in [3.05, 3.63) is 38.5 Å². The lowest BCUT2D eigenvalue weighted by Crippen LogP contribution is -2.14. The highest BCUT2D eigenvalue weighted by atomic mass is 16.1. The molecule has 0 saturated heterocycles. The summed E-state index contributed by atoms with van der Waals surface area (Å²) in [5.41, 5.74) is 0.573. The number of aryl methyl sites for hydroxylation is 1. The second kappa shape index (κ2) is 2.55. The molecule has 2 aromatic rings. The zero-order valence-electron chi connectivity index (χ0n) is 6.92. The molecule has 0 amide bonds. The Hall–Kier alpha value is -1.91. The van der Waals surface area contributed by atoms with E-state index in [-0.39, 0.29) is 11.1 Å². The van der Waals surface area contributed by atoms with E-state index in [0.717, 1.165) is 0 Å². The van der Waals surface area contributed by atoms with Crippen molar-refractivity contribution in [2.75, 3.05) is 0 Å². The van der Waals surface area contributed by atoms with Crippen LogP contribution in [0.25, 0.3) is 10.9 Å². The zero-order valence-corrected chi connectivity index (χ0v) is 6.92. The average Bonchev–Trinajstić information content (AvgIpc) is 2.12. The first-order valence-corrected chi connectivity index (χ1v) is 3.77. The predicted octanol–water partition coefficient (Wildman–Crippen LogP) is -0.0802. The van der Waals surface area contributed by atoms with E-state index in [1.165, 1.54) is 12.1 Å². The molecule has 0 spiro atoms. The van der Waals surface area contributed by atoms with Crippen LogP contribution in [0, 0.1) is 6.92 Å². The molecule has 2 aromatic heterocycles. The number of aromatic nitrogens is 3. The van der Waals surface area contributed by atoms with Gasteiger partial charge in [0.1, 0.15) is 0 Å². The van der Waals surface area contributed by atoms with Crippen LogP contribution < -0.4 is 11.1 Å². The summed E-state index contributed by atoms with van der Waals surface area (Å²) in [5.74, 6) is 0. The van der Waals surface area contributed by atoms with E-state index in [0.29, 0.717) is 16.6 Å². The lowest BCUT2D eigenvalue weighted by Gasteiger charge is -1.97. The molecule has 0 bridgehead atoms. The molecular weight excluding hydrogens is 170 g/mol. The monoisotopic (exact) mass is 177 g/mol. The van der Waals surface area contributed by atoms with Crippen LogP contribution in [0.4, 0.5) is 0 Å². The van der Waals surface area contributed by atoms with Crippen LogP contribution in [-0.2, 0) is 0 Å². The summed E-state index contributed by atoms with van der Waals surface area (Å²) in [6, 6.07) is 2.80. The second-order valence-electron chi connectivity index (χ2n) is 2.75. The summed E-state index contributed by atoms with van der Waals surface area (Å²) >= 11 is 0. The van der Waals surface area contributed by atoms with Gasteiger partial charge in [-0.05, 0) is 13.0 Å². The molecule has 2 N–H and O–H groups in total. The van der Waals surface area contributed by atoms with Gasteiger partial charge in [-0.1, -0.05) is 0 Å². The molecule has 0 unspecified atom stereocenters. The number of hydrogen-bond donors (Lipinski definition) is 2. The Morgan fingerprint density at radius 3 is 2.85 bits per heavy atom. The molecule has 13 heavy (non-hydrogen) atoms. The molecule has 0 atom stereocenters. The van der Waals surface area contributed by atoms with E-state index < -0.39 is 0 Å². The summed E-state index contributed by atoms with van der Waals surface area (Å²) in [7, 11) is 0. The third-order valence-electron chi connectivity index (χ3n) is 1.85. The van der Waals surface area contributed by atoms with Crippen molar-refractivity contribution >= 4 is 10.9 Å². The molecule has 0 aliphatic carbocycles. The van der Waals surface area contributed by atoms with Crippen LogP contribution in [0.15, 0.2) is 21.7 Å². The number of rotatable bonds is 0. The van der Waals surface area contributed by atoms with Crippen molar-refractivity contribution < 1.29 is 0 Å². The summed E-state index contributed by atoms with van der Waals surface area (Å²) in [4.78, 5) is 24.7. The SMILES string of the molecule is Cc1n[nH]c(=O)c2ccc(=O)[nH]c12. The van der Waals surface area contributed by atoms with Crippen LogP contribution in [0.5, 0.6) is 0 Å². The van der Waals surface area contributed by atoms with Gasteiger partial charge in [-0.3, -0.25) is 9.59 Å². The van der Waals surface area contributed by atoms with Crippen LogP contribution in [-0.4, -0.2) is 15.2 Å². The fraction of sp³-hybridized carbons (Fsp3) is 0.125. The molecule has 5 heteroatoms. The average molecular weight is 177 g/mol. The molecule has 0 aromatic carbocycles.